The first kappa shape index (κ1) is 13.0. The second-order valence-electron chi connectivity index (χ2n) is 5.41. The molecule has 16 heavy (non-hydrogen) atoms. The van der Waals surface area contributed by atoms with Crippen molar-refractivity contribution in [2.75, 3.05) is 13.7 Å². The summed E-state index contributed by atoms with van der Waals surface area (Å²) in [5, 5.41) is 6.21. The van der Waals surface area contributed by atoms with Gasteiger partial charge in [0.25, 0.3) is 0 Å². The van der Waals surface area contributed by atoms with Crippen LogP contribution in [0.4, 0.5) is 0 Å². The van der Waals surface area contributed by atoms with E-state index in [1.165, 1.54) is 7.11 Å². The average Bonchev–Trinajstić information content (AvgIpc) is 2.63. The minimum atomic E-state index is -0.179. The van der Waals surface area contributed by atoms with Gasteiger partial charge in [-0.15, -0.1) is 0 Å². The van der Waals surface area contributed by atoms with Crippen molar-refractivity contribution >= 4 is 12.2 Å². The molecule has 0 spiro atoms. The van der Waals surface area contributed by atoms with Crippen LogP contribution in [0.3, 0.4) is 0 Å². The number of carbonyl (C=O) groups excluding carboxylic acids is 1. The van der Waals surface area contributed by atoms with Crippen molar-refractivity contribution in [2.24, 2.45) is 10.5 Å². The molecule has 0 aliphatic carbocycles. The van der Waals surface area contributed by atoms with Crippen LogP contribution < -0.4 is 0 Å². The molecule has 1 aliphatic rings. The van der Waals surface area contributed by atoms with Gasteiger partial charge in [0, 0.05) is 12.8 Å². The molecule has 0 aromatic carbocycles. The van der Waals surface area contributed by atoms with Crippen molar-refractivity contribution in [1.29, 1.82) is 0 Å². The summed E-state index contributed by atoms with van der Waals surface area (Å²) in [5.74, 6) is -0.176. The lowest BCUT2D eigenvalue weighted by Crippen LogP contribution is -2.33. The van der Waals surface area contributed by atoms with E-state index in [9.17, 15) is 4.79 Å². The molecular formula is C12H22N2O2. The van der Waals surface area contributed by atoms with Crippen molar-refractivity contribution in [3.05, 3.63) is 0 Å². The van der Waals surface area contributed by atoms with Crippen LogP contribution in [0.2, 0.25) is 0 Å². The predicted molar refractivity (Wildman–Crippen MR) is 64.3 cm³/mol. The molecule has 0 bridgehead atoms. The zero-order valence-corrected chi connectivity index (χ0v) is 10.7. The van der Waals surface area contributed by atoms with Crippen molar-refractivity contribution in [2.45, 2.75) is 46.1 Å². The van der Waals surface area contributed by atoms with Crippen LogP contribution in [-0.2, 0) is 9.53 Å². The fraction of sp³-hybridized carbons (Fsp3) is 0.833. The van der Waals surface area contributed by atoms with E-state index < -0.39 is 0 Å². The zero-order chi connectivity index (χ0) is 12.2. The minimum Gasteiger partial charge on any atom is -0.467 e. The molecule has 0 N–H and O–H groups in total. The number of hydrogen-bond acceptors (Lipinski definition) is 4. The molecule has 0 saturated carbocycles. The highest BCUT2D eigenvalue weighted by Gasteiger charge is 2.30. The summed E-state index contributed by atoms with van der Waals surface area (Å²) < 4.78 is 4.76. The van der Waals surface area contributed by atoms with Crippen LogP contribution in [0, 0.1) is 5.41 Å². The fourth-order valence-electron chi connectivity index (χ4n) is 1.68. The van der Waals surface area contributed by atoms with E-state index in [1.54, 1.807) is 0 Å². The number of rotatable bonds is 3. The quantitative estimate of drug-likeness (QED) is 0.546. The largest absolute Gasteiger partial charge is 0.467 e. The van der Waals surface area contributed by atoms with Gasteiger partial charge in [-0.1, -0.05) is 20.8 Å². The zero-order valence-electron chi connectivity index (χ0n) is 10.7. The van der Waals surface area contributed by atoms with Crippen LogP contribution in [0.5, 0.6) is 0 Å². The number of esters is 1. The fourth-order valence-corrected chi connectivity index (χ4v) is 1.68. The average molecular weight is 226 g/mol. The van der Waals surface area contributed by atoms with Gasteiger partial charge in [0.1, 0.15) is 6.04 Å². The summed E-state index contributed by atoms with van der Waals surface area (Å²) >= 11 is 0. The van der Waals surface area contributed by atoms with Crippen molar-refractivity contribution in [3.8, 4) is 0 Å². The molecule has 4 heteroatoms. The van der Waals surface area contributed by atoms with Crippen molar-refractivity contribution in [3.63, 3.8) is 0 Å². The smallest absolute Gasteiger partial charge is 0.330 e. The molecule has 1 saturated heterocycles. The maximum atomic E-state index is 11.4. The number of ether oxygens (including phenoxy) is 1. The van der Waals surface area contributed by atoms with Gasteiger partial charge in [0.05, 0.1) is 7.11 Å². The van der Waals surface area contributed by atoms with Crippen molar-refractivity contribution in [1.82, 2.24) is 5.01 Å². The third-order valence-electron chi connectivity index (χ3n) is 2.63. The Morgan fingerprint density at radius 3 is 2.81 bits per heavy atom. The lowest BCUT2D eigenvalue weighted by atomic mass is 9.93. The number of hydrogen-bond donors (Lipinski definition) is 0. The molecule has 4 nitrogen and oxygen atoms in total. The second-order valence-corrected chi connectivity index (χ2v) is 5.41. The topological polar surface area (TPSA) is 41.9 Å². The summed E-state index contributed by atoms with van der Waals surface area (Å²) in [4.78, 5) is 11.4. The van der Waals surface area contributed by atoms with E-state index in [4.69, 9.17) is 4.74 Å². The Bertz CT molecular complexity index is 269. The first-order valence-electron chi connectivity index (χ1n) is 5.81. The number of hydrazone groups is 1. The third-order valence-corrected chi connectivity index (χ3v) is 2.63. The SMILES string of the molecule is COC(=O)C1CCCN1N=CCC(C)(C)C. The van der Waals surface area contributed by atoms with Gasteiger partial charge in [-0.25, -0.2) is 4.79 Å². The van der Waals surface area contributed by atoms with E-state index >= 15 is 0 Å². The first-order valence-corrected chi connectivity index (χ1v) is 5.81. The Kier molecular flexibility index (Phi) is 4.33. The first-order chi connectivity index (χ1) is 7.44. The van der Waals surface area contributed by atoms with Gasteiger partial charge in [0.15, 0.2) is 0 Å². The molecular weight excluding hydrogens is 204 g/mol. The minimum absolute atomic E-state index is 0.176. The Morgan fingerprint density at radius 1 is 1.56 bits per heavy atom. The van der Waals surface area contributed by atoms with E-state index in [2.05, 4.69) is 25.9 Å². The van der Waals surface area contributed by atoms with Crippen LogP contribution >= 0.6 is 0 Å². The molecule has 1 rings (SSSR count). The molecule has 0 amide bonds. The van der Waals surface area contributed by atoms with Gasteiger partial charge in [-0.2, -0.15) is 5.10 Å². The van der Waals surface area contributed by atoms with Gasteiger partial charge in [-0.3, -0.25) is 5.01 Å². The summed E-state index contributed by atoms with van der Waals surface area (Å²) in [6.07, 6.45) is 4.67. The summed E-state index contributed by atoms with van der Waals surface area (Å²) in [5.41, 5.74) is 0.240. The molecule has 1 unspecified atom stereocenters. The Balaban J connectivity index is 2.50. The molecule has 1 aliphatic heterocycles. The van der Waals surface area contributed by atoms with Crippen LogP contribution in [0.1, 0.15) is 40.0 Å². The number of methoxy groups -OCH3 is 1. The third kappa shape index (κ3) is 3.83. The highest BCUT2D eigenvalue weighted by Crippen LogP contribution is 2.20. The van der Waals surface area contributed by atoms with Gasteiger partial charge < -0.3 is 4.74 Å². The van der Waals surface area contributed by atoms with E-state index in [0.29, 0.717) is 0 Å². The van der Waals surface area contributed by atoms with Gasteiger partial charge in [0.2, 0.25) is 0 Å². The molecule has 1 heterocycles. The molecule has 0 aromatic heterocycles. The summed E-state index contributed by atoms with van der Waals surface area (Å²) in [7, 11) is 1.43. The van der Waals surface area contributed by atoms with Gasteiger partial charge in [-0.05, 0) is 24.7 Å². The van der Waals surface area contributed by atoms with Crippen LogP contribution in [0.25, 0.3) is 0 Å². The monoisotopic (exact) mass is 226 g/mol. The molecule has 92 valence electrons. The second kappa shape index (κ2) is 5.32. The Hall–Kier alpha value is -1.06. The maximum absolute atomic E-state index is 11.4. The lowest BCUT2D eigenvalue weighted by Gasteiger charge is -2.20. The van der Waals surface area contributed by atoms with Crippen molar-refractivity contribution < 1.29 is 9.53 Å². The molecule has 0 aromatic rings. The molecule has 0 radical (unpaired) electrons. The Labute approximate surface area is 97.6 Å². The maximum Gasteiger partial charge on any atom is 0.330 e. The van der Waals surface area contributed by atoms with Crippen LogP contribution in [0.15, 0.2) is 5.10 Å². The number of nitrogens with zero attached hydrogens (tertiary/aromatic N) is 2. The highest BCUT2D eigenvalue weighted by atomic mass is 16.5. The molecule has 1 fully saturated rings. The lowest BCUT2D eigenvalue weighted by molar-refractivity contribution is -0.145. The predicted octanol–water partition coefficient (Wildman–Crippen LogP) is 2.05. The normalized spacial score (nSPS) is 21.8. The number of carbonyl (C=O) groups is 1. The highest BCUT2D eigenvalue weighted by molar-refractivity contribution is 5.76. The molecule has 1 atom stereocenters. The van der Waals surface area contributed by atoms with E-state index in [0.717, 1.165) is 25.8 Å². The van der Waals surface area contributed by atoms with E-state index in [-0.39, 0.29) is 17.4 Å². The summed E-state index contributed by atoms with van der Waals surface area (Å²) in [6, 6.07) is -0.179. The standard InChI is InChI=1S/C12H22N2O2/c1-12(2,3)7-8-13-14-9-5-6-10(14)11(15)16-4/h8,10H,5-7,9H2,1-4H3. The van der Waals surface area contributed by atoms with E-state index in [1.807, 2.05) is 11.2 Å². The van der Waals surface area contributed by atoms with Gasteiger partial charge >= 0.3 is 5.97 Å². The Morgan fingerprint density at radius 2 is 2.25 bits per heavy atom. The van der Waals surface area contributed by atoms with Crippen LogP contribution in [-0.4, -0.2) is 36.9 Å². The summed E-state index contributed by atoms with van der Waals surface area (Å²) in [6.45, 7) is 7.35.